The maximum Gasteiger partial charge on any atom is -0.00806 e. The SMILES string of the molecule is CC.CCc1ccc(C(C)(C)C(C)C)cc1. The first-order valence-electron chi connectivity index (χ1n) is 6.58. The molecular formula is C16H28. The molecule has 0 heteroatoms. The fraction of sp³-hybridized carbons (Fsp3) is 0.625. The molecule has 0 saturated carbocycles. The van der Waals surface area contributed by atoms with Gasteiger partial charge in [0.05, 0.1) is 0 Å². The third-order valence-corrected chi connectivity index (χ3v) is 3.55. The Morgan fingerprint density at radius 3 is 1.75 bits per heavy atom. The minimum absolute atomic E-state index is 0.284. The largest absolute Gasteiger partial charge is 0.0683 e. The molecule has 1 rings (SSSR count). The van der Waals surface area contributed by atoms with Gasteiger partial charge in [0, 0.05) is 0 Å². The monoisotopic (exact) mass is 220 g/mol. The van der Waals surface area contributed by atoms with Gasteiger partial charge in [-0.1, -0.05) is 72.7 Å². The van der Waals surface area contributed by atoms with Crippen LogP contribution < -0.4 is 0 Å². The van der Waals surface area contributed by atoms with E-state index in [2.05, 4.69) is 58.9 Å². The number of hydrogen-bond acceptors (Lipinski definition) is 0. The van der Waals surface area contributed by atoms with Crippen molar-refractivity contribution in [1.29, 1.82) is 0 Å². The molecule has 0 aliphatic rings. The Morgan fingerprint density at radius 1 is 1.00 bits per heavy atom. The second-order valence-electron chi connectivity index (χ2n) is 4.93. The van der Waals surface area contributed by atoms with Gasteiger partial charge in [-0.3, -0.25) is 0 Å². The third-order valence-electron chi connectivity index (χ3n) is 3.55. The van der Waals surface area contributed by atoms with Crippen molar-refractivity contribution in [3.8, 4) is 0 Å². The molecule has 0 aliphatic heterocycles. The lowest BCUT2D eigenvalue weighted by atomic mass is 9.75. The van der Waals surface area contributed by atoms with Crippen LogP contribution in [0.3, 0.4) is 0 Å². The summed E-state index contributed by atoms with van der Waals surface area (Å²) in [5.41, 5.74) is 3.16. The molecule has 0 heterocycles. The van der Waals surface area contributed by atoms with E-state index < -0.39 is 0 Å². The van der Waals surface area contributed by atoms with Crippen molar-refractivity contribution in [1.82, 2.24) is 0 Å². The molecule has 0 bridgehead atoms. The molecule has 16 heavy (non-hydrogen) atoms. The average Bonchev–Trinajstić information content (AvgIpc) is 2.31. The van der Waals surface area contributed by atoms with Gasteiger partial charge in [-0.15, -0.1) is 0 Å². The van der Waals surface area contributed by atoms with Crippen molar-refractivity contribution >= 4 is 0 Å². The standard InChI is InChI=1S/C14H22.C2H6/c1-6-12-7-9-13(10-8-12)14(4,5)11(2)3;1-2/h7-11H,6H2,1-5H3;1-2H3. The van der Waals surface area contributed by atoms with Crippen LogP contribution in [0.4, 0.5) is 0 Å². The number of benzene rings is 1. The molecule has 0 fully saturated rings. The van der Waals surface area contributed by atoms with Crippen molar-refractivity contribution in [3.63, 3.8) is 0 Å². The predicted octanol–water partition coefficient (Wildman–Crippen LogP) is 5.21. The highest BCUT2D eigenvalue weighted by molar-refractivity contribution is 5.28. The van der Waals surface area contributed by atoms with Gasteiger partial charge in [-0.05, 0) is 28.9 Å². The first-order chi connectivity index (χ1) is 7.48. The van der Waals surface area contributed by atoms with E-state index in [1.807, 2.05) is 13.8 Å². The molecule has 0 aromatic heterocycles. The summed E-state index contributed by atoms with van der Waals surface area (Å²) in [6.45, 7) is 15.4. The van der Waals surface area contributed by atoms with Crippen LogP contribution in [0.5, 0.6) is 0 Å². The Labute approximate surface area is 102 Å². The lowest BCUT2D eigenvalue weighted by Crippen LogP contribution is -2.24. The zero-order valence-electron chi connectivity index (χ0n) is 12.1. The van der Waals surface area contributed by atoms with E-state index in [1.54, 1.807) is 0 Å². The fourth-order valence-corrected chi connectivity index (χ4v) is 1.50. The van der Waals surface area contributed by atoms with Crippen molar-refractivity contribution in [2.24, 2.45) is 5.92 Å². The van der Waals surface area contributed by atoms with E-state index >= 15 is 0 Å². The first-order valence-corrected chi connectivity index (χ1v) is 6.58. The summed E-state index contributed by atoms with van der Waals surface area (Å²) in [7, 11) is 0. The van der Waals surface area contributed by atoms with Crippen LogP contribution in [0.15, 0.2) is 24.3 Å². The molecule has 0 spiro atoms. The van der Waals surface area contributed by atoms with E-state index in [0.717, 1.165) is 6.42 Å². The molecule has 1 aromatic rings. The first kappa shape index (κ1) is 15.2. The minimum atomic E-state index is 0.284. The topological polar surface area (TPSA) is 0 Å². The number of hydrogen-bond donors (Lipinski definition) is 0. The Balaban J connectivity index is 0.00000106. The lowest BCUT2D eigenvalue weighted by molar-refractivity contribution is 0.372. The van der Waals surface area contributed by atoms with Crippen molar-refractivity contribution < 1.29 is 0 Å². The molecule has 0 amide bonds. The molecular weight excluding hydrogens is 192 g/mol. The van der Waals surface area contributed by atoms with E-state index in [4.69, 9.17) is 0 Å². The normalized spacial score (nSPS) is 11.0. The molecule has 0 N–H and O–H groups in total. The molecule has 92 valence electrons. The molecule has 0 aliphatic carbocycles. The molecule has 0 atom stereocenters. The molecule has 0 unspecified atom stereocenters. The second-order valence-corrected chi connectivity index (χ2v) is 4.93. The van der Waals surface area contributed by atoms with E-state index in [0.29, 0.717) is 5.92 Å². The second kappa shape index (κ2) is 6.73. The zero-order valence-corrected chi connectivity index (χ0v) is 12.1. The van der Waals surface area contributed by atoms with Crippen LogP contribution in [0.1, 0.15) is 59.6 Å². The lowest BCUT2D eigenvalue weighted by Gasteiger charge is -2.30. The quantitative estimate of drug-likeness (QED) is 0.656. The van der Waals surface area contributed by atoms with Gasteiger partial charge in [0.2, 0.25) is 0 Å². The van der Waals surface area contributed by atoms with Crippen molar-refractivity contribution in [3.05, 3.63) is 35.4 Å². The van der Waals surface area contributed by atoms with Gasteiger partial charge in [-0.2, -0.15) is 0 Å². The fourth-order valence-electron chi connectivity index (χ4n) is 1.50. The van der Waals surface area contributed by atoms with Crippen molar-refractivity contribution in [2.45, 2.75) is 60.3 Å². The molecule has 1 aromatic carbocycles. The van der Waals surface area contributed by atoms with E-state index in [-0.39, 0.29) is 5.41 Å². The predicted molar refractivity (Wildman–Crippen MR) is 75.0 cm³/mol. The smallest absolute Gasteiger partial charge is 0.00806 e. The highest BCUT2D eigenvalue weighted by atomic mass is 14.3. The highest BCUT2D eigenvalue weighted by Crippen LogP contribution is 2.31. The van der Waals surface area contributed by atoms with Crippen LogP contribution in [-0.4, -0.2) is 0 Å². The van der Waals surface area contributed by atoms with E-state index in [1.165, 1.54) is 11.1 Å². The zero-order chi connectivity index (χ0) is 12.8. The van der Waals surface area contributed by atoms with Crippen LogP contribution in [0.2, 0.25) is 0 Å². The number of rotatable bonds is 3. The maximum atomic E-state index is 2.32. The van der Waals surface area contributed by atoms with Crippen LogP contribution in [0.25, 0.3) is 0 Å². The van der Waals surface area contributed by atoms with Gasteiger partial charge < -0.3 is 0 Å². The van der Waals surface area contributed by atoms with Gasteiger partial charge in [0.25, 0.3) is 0 Å². The van der Waals surface area contributed by atoms with Gasteiger partial charge in [0.15, 0.2) is 0 Å². The summed E-state index contributed by atoms with van der Waals surface area (Å²) in [5.74, 6) is 0.676. The summed E-state index contributed by atoms with van der Waals surface area (Å²) in [4.78, 5) is 0. The van der Waals surface area contributed by atoms with Gasteiger partial charge in [0.1, 0.15) is 0 Å². The Morgan fingerprint density at radius 2 is 1.44 bits per heavy atom. The summed E-state index contributed by atoms with van der Waals surface area (Å²) in [6, 6.07) is 9.05. The molecule has 0 radical (unpaired) electrons. The minimum Gasteiger partial charge on any atom is -0.0683 e. The summed E-state index contributed by atoms with van der Waals surface area (Å²) >= 11 is 0. The van der Waals surface area contributed by atoms with Gasteiger partial charge >= 0.3 is 0 Å². The van der Waals surface area contributed by atoms with Crippen molar-refractivity contribution in [2.75, 3.05) is 0 Å². The van der Waals surface area contributed by atoms with Crippen LogP contribution in [0, 0.1) is 5.92 Å². The van der Waals surface area contributed by atoms with Gasteiger partial charge in [-0.25, -0.2) is 0 Å². The summed E-state index contributed by atoms with van der Waals surface area (Å²) < 4.78 is 0. The summed E-state index contributed by atoms with van der Waals surface area (Å²) in [5, 5.41) is 0. The summed E-state index contributed by atoms with van der Waals surface area (Å²) in [6.07, 6.45) is 1.13. The maximum absolute atomic E-state index is 2.32. The molecule has 0 saturated heterocycles. The Hall–Kier alpha value is -0.780. The van der Waals surface area contributed by atoms with Crippen LogP contribution >= 0.6 is 0 Å². The number of aryl methyl sites for hydroxylation is 1. The Kier molecular flexibility index (Phi) is 6.40. The van der Waals surface area contributed by atoms with E-state index in [9.17, 15) is 0 Å². The Bertz CT molecular complexity index is 277. The highest BCUT2D eigenvalue weighted by Gasteiger charge is 2.24. The third kappa shape index (κ3) is 3.66. The molecule has 0 nitrogen and oxygen atoms in total. The van der Waals surface area contributed by atoms with Crippen LogP contribution in [-0.2, 0) is 11.8 Å². The average molecular weight is 220 g/mol.